The molecule has 21 heavy (non-hydrogen) atoms. The predicted octanol–water partition coefficient (Wildman–Crippen LogP) is 2.50. The van der Waals surface area contributed by atoms with Crippen LogP contribution in [0.5, 0.6) is 0 Å². The van der Waals surface area contributed by atoms with Gasteiger partial charge in [0.15, 0.2) is 0 Å². The summed E-state index contributed by atoms with van der Waals surface area (Å²) in [5.41, 5.74) is -0.0319. The number of nitrogens with zero attached hydrogens (tertiary/aromatic N) is 1. The molecule has 0 saturated carbocycles. The van der Waals surface area contributed by atoms with E-state index in [1.807, 2.05) is 6.92 Å². The van der Waals surface area contributed by atoms with Gasteiger partial charge in [-0.3, -0.25) is 0 Å². The summed E-state index contributed by atoms with van der Waals surface area (Å²) < 4.78 is 26.9. The first-order valence-corrected chi connectivity index (χ1v) is 9.30. The van der Waals surface area contributed by atoms with Crippen LogP contribution < -0.4 is 4.72 Å². The lowest BCUT2D eigenvalue weighted by Gasteiger charge is -2.10. The number of rotatable bonds is 6. The van der Waals surface area contributed by atoms with Gasteiger partial charge in [-0.15, -0.1) is 22.7 Å². The third kappa shape index (κ3) is 3.67. The van der Waals surface area contributed by atoms with Crippen molar-refractivity contribution in [1.82, 2.24) is 9.71 Å². The van der Waals surface area contributed by atoms with E-state index in [9.17, 15) is 13.2 Å². The SMILES string of the molecule is CCc1cnc(C(C)NS(=O)(=O)c2cc(C(=O)O)cs2)s1. The number of hydrogen-bond donors (Lipinski definition) is 2. The first-order valence-electron chi connectivity index (χ1n) is 6.12. The van der Waals surface area contributed by atoms with Crippen LogP contribution in [0.3, 0.4) is 0 Å². The molecule has 2 aromatic rings. The second kappa shape index (κ2) is 6.22. The molecule has 2 heterocycles. The van der Waals surface area contributed by atoms with Crippen molar-refractivity contribution in [2.24, 2.45) is 0 Å². The molecule has 0 aromatic carbocycles. The number of thiophene rings is 1. The van der Waals surface area contributed by atoms with Crippen LogP contribution in [0.1, 0.15) is 40.1 Å². The van der Waals surface area contributed by atoms with Crippen molar-refractivity contribution in [3.8, 4) is 0 Å². The molecule has 1 atom stereocenters. The van der Waals surface area contributed by atoms with Crippen LogP contribution in [0.15, 0.2) is 21.9 Å². The summed E-state index contributed by atoms with van der Waals surface area (Å²) >= 11 is 2.34. The number of sulfonamides is 1. The van der Waals surface area contributed by atoms with Gasteiger partial charge in [0.2, 0.25) is 0 Å². The molecule has 6 nitrogen and oxygen atoms in total. The smallest absolute Gasteiger partial charge is 0.336 e. The second-order valence-electron chi connectivity index (χ2n) is 4.32. The summed E-state index contributed by atoms with van der Waals surface area (Å²) in [4.78, 5) is 16.1. The number of nitrogens with one attached hydrogen (secondary N) is 1. The van der Waals surface area contributed by atoms with E-state index >= 15 is 0 Å². The van der Waals surface area contributed by atoms with Gasteiger partial charge in [-0.2, -0.15) is 0 Å². The molecule has 9 heteroatoms. The Bertz CT molecular complexity index is 748. The fourth-order valence-corrected chi connectivity index (χ4v) is 4.91. The van der Waals surface area contributed by atoms with Crippen LogP contribution in [-0.2, 0) is 16.4 Å². The molecule has 2 rings (SSSR count). The quantitative estimate of drug-likeness (QED) is 0.838. The molecule has 1 unspecified atom stereocenters. The first kappa shape index (κ1) is 16.1. The number of carboxylic acids is 1. The van der Waals surface area contributed by atoms with Gasteiger partial charge in [0, 0.05) is 16.5 Å². The van der Waals surface area contributed by atoms with Gasteiger partial charge in [0.1, 0.15) is 9.22 Å². The van der Waals surface area contributed by atoms with Crippen LogP contribution in [0.4, 0.5) is 0 Å². The zero-order valence-corrected chi connectivity index (χ0v) is 13.8. The number of aromatic carboxylic acids is 1. The third-order valence-electron chi connectivity index (χ3n) is 2.71. The van der Waals surface area contributed by atoms with Crippen molar-refractivity contribution in [2.45, 2.75) is 30.5 Å². The van der Waals surface area contributed by atoms with Crippen molar-refractivity contribution in [2.75, 3.05) is 0 Å². The molecule has 0 aliphatic rings. The minimum absolute atomic E-state index is 0.0148. The highest BCUT2D eigenvalue weighted by atomic mass is 32.2. The average molecular weight is 346 g/mol. The Morgan fingerprint density at radius 2 is 2.24 bits per heavy atom. The summed E-state index contributed by atoms with van der Waals surface area (Å²) in [6, 6.07) is 0.692. The Hall–Kier alpha value is -1.29. The Balaban J connectivity index is 2.17. The minimum Gasteiger partial charge on any atom is -0.478 e. The van der Waals surface area contributed by atoms with E-state index in [2.05, 4.69) is 9.71 Å². The largest absolute Gasteiger partial charge is 0.478 e. The Labute approximate surface area is 130 Å². The van der Waals surface area contributed by atoms with Crippen molar-refractivity contribution < 1.29 is 18.3 Å². The Morgan fingerprint density at radius 1 is 1.52 bits per heavy atom. The van der Waals surface area contributed by atoms with E-state index < -0.39 is 22.0 Å². The fraction of sp³-hybridized carbons (Fsp3) is 0.333. The summed E-state index contributed by atoms with van der Waals surface area (Å²) in [7, 11) is -3.75. The molecule has 0 bridgehead atoms. The molecular formula is C12H14N2O4S3. The molecule has 0 saturated heterocycles. The lowest BCUT2D eigenvalue weighted by molar-refractivity contribution is 0.0697. The van der Waals surface area contributed by atoms with E-state index in [0.717, 1.165) is 28.7 Å². The molecule has 0 amide bonds. The molecule has 0 radical (unpaired) electrons. The predicted molar refractivity (Wildman–Crippen MR) is 81.5 cm³/mol. The average Bonchev–Trinajstić information content (AvgIpc) is 3.07. The summed E-state index contributed by atoms with van der Waals surface area (Å²) in [5, 5.41) is 10.8. The summed E-state index contributed by atoms with van der Waals surface area (Å²) in [6.07, 6.45) is 2.59. The lowest BCUT2D eigenvalue weighted by Crippen LogP contribution is -2.26. The highest BCUT2D eigenvalue weighted by Crippen LogP contribution is 2.25. The Morgan fingerprint density at radius 3 is 2.76 bits per heavy atom. The van der Waals surface area contributed by atoms with E-state index in [1.54, 1.807) is 13.1 Å². The maximum atomic E-state index is 12.2. The van der Waals surface area contributed by atoms with E-state index in [1.165, 1.54) is 16.7 Å². The zero-order chi connectivity index (χ0) is 15.6. The van der Waals surface area contributed by atoms with Crippen LogP contribution in [0.2, 0.25) is 0 Å². The molecule has 2 N–H and O–H groups in total. The van der Waals surface area contributed by atoms with Gasteiger partial charge >= 0.3 is 5.97 Å². The highest BCUT2D eigenvalue weighted by Gasteiger charge is 2.23. The van der Waals surface area contributed by atoms with Crippen molar-refractivity contribution >= 4 is 38.7 Å². The molecule has 0 aliphatic heterocycles. The molecule has 0 spiro atoms. The van der Waals surface area contributed by atoms with Gasteiger partial charge in [-0.1, -0.05) is 6.92 Å². The van der Waals surface area contributed by atoms with Gasteiger partial charge in [-0.25, -0.2) is 22.9 Å². The Kier molecular flexibility index (Phi) is 4.77. The number of carbonyl (C=O) groups is 1. The first-order chi connectivity index (χ1) is 9.83. The van der Waals surface area contributed by atoms with Crippen LogP contribution >= 0.6 is 22.7 Å². The van der Waals surface area contributed by atoms with E-state index in [4.69, 9.17) is 5.11 Å². The van der Waals surface area contributed by atoms with Gasteiger partial charge < -0.3 is 5.11 Å². The second-order valence-corrected chi connectivity index (χ2v) is 8.32. The normalized spacial score (nSPS) is 13.2. The molecule has 114 valence electrons. The van der Waals surface area contributed by atoms with E-state index in [-0.39, 0.29) is 9.77 Å². The summed E-state index contributed by atoms with van der Waals surface area (Å²) in [5.74, 6) is -1.15. The maximum absolute atomic E-state index is 12.2. The summed E-state index contributed by atoms with van der Waals surface area (Å²) in [6.45, 7) is 3.72. The number of aromatic nitrogens is 1. The fourth-order valence-electron chi connectivity index (χ4n) is 1.60. The number of thiazole rings is 1. The molecule has 2 aromatic heterocycles. The van der Waals surface area contributed by atoms with Crippen molar-refractivity contribution in [1.29, 1.82) is 0 Å². The molecular weight excluding hydrogens is 332 g/mol. The maximum Gasteiger partial charge on any atom is 0.336 e. The monoisotopic (exact) mass is 346 g/mol. The van der Waals surface area contributed by atoms with Gasteiger partial charge in [0.25, 0.3) is 10.0 Å². The van der Waals surface area contributed by atoms with Crippen LogP contribution in [0, 0.1) is 0 Å². The minimum atomic E-state index is -3.75. The number of carboxylic acid groups (broad SMARTS) is 1. The van der Waals surface area contributed by atoms with Gasteiger partial charge in [0.05, 0.1) is 11.6 Å². The number of aryl methyl sites for hydroxylation is 1. The third-order valence-corrected chi connectivity index (χ3v) is 7.01. The standard InChI is InChI=1S/C12H14N2O4S3/c1-3-9-5-13-11(20-9)7(2)14-21(17,18)10-4-8(6-19-10)12(15)16/h4-7,14H,3H2,1-2H3,(H,15,16). The molecule has 0 aliphatic carbocycles. The topological polar surface area (TPSA) is 96.4 Å². The van der Waals surface area contributed by atoms with E-state index in [0.29, 0.717) is 5.01 Å². The van der Waals surface area contributed by atoms with Gasteiger partial charge in [-0.05, 0) is 19.4 Å². The highest BCUT2D eigenvalue weighted by molar-refractivity contribution is 7.91. The van der Waals surface area contributed by atoms with Crippen LogP contribution in [-0.4, -0.2) is 24.5 Å². The zero-order valence-electron chi connectivity index (χ0n) is 11.4. The van der Waals surface area contributed by atoms with Crippen molar-refractivity contribution in [3.63, 3.8) is 0 Å². The molecule has 0 fully saturated rings. The lowest BCUT2D eigenvalue weighted by atomic mass is 10.4. The number of hydrogen-bond acceptors (Lipinski definition) is 6. The van der Waals surface area contributed by atoms with Crippen molar-refractivity contribution in [3.05, 3.63) is 33.1 Å². The van der Waals surface area contributed by atoms with Crippen LogP contribution in [0.25, 0.3) is 0 Å².